The second-order valence-corrected chi connectivity index (χ2v) is 6.60. The summed E-state index contributed by atoms with van der Waals surface area (Å²) in [6.07, 6.45) is 2.21. The van der Waals surface area contributed by atoms with Gasteiger partial charge in [0, 0.05) is 30.2 Å². The average Bonchev–Trinajstić information content (AvgIpc) is 3.06. The third kappa shape index (κ3) is 4.99. The van der Waals surface area contributed by atoms with Gasteiger partial charge in [-0.1, -0.05) is 23.7 Å². The summed E-state index contributed by atoms with van der Waals surface area (Å²) >= 11 is 5.94. The first-order valence-corrected chi connectivity index (χ1v) is 9.04. The molecule has 3 rings (SSSR count). The average molecular weight is 373 g/mol. The Balaban J connectivity index is 1.40. The zero-order chi connectivity index (χ0) is 18.4. The van der Waals surface area contributed by atoms with Gasteiger partial charge in [-0.2, -0.15) is 0 Å². The second kappa shape index (κ2) is 8.72. The van der Waals surface area contributed by atoms with E-state index in [0.717, 1.165) is 24.2 Å². The normalized spacial score (nSPS) is 13.7. The van der Waals surface area contributed by atoms with Crippen molar-refractivity contribution in [3.63, 3.8) is 0 Å². The number of hydrogen-bond acceptors (Lipinski definition) is 3. The molecule has 0 saturated carbocycles. The molecule has 1 N–H and O–H groups in total. The number of benzene rings is 2. The molecule has 0 aliphatic carbocycles. The molecule has 5 nitrogen and oxygen atoms in total. The molecule has 2 amide bonds. The highest BCUT2D eigenvalue weighted by Gasteiger charge is 2.21. The third-order valence-electron chi connectivity index (χ3n) is 4.22. The standard InChI is InChI=1S/C20H21ClN2O3/c21-16-4-1-3-15(13-16)10-11-22-19(24)14-26-18-8-6-17(7-9-18)23-12-2-5-20(23)25/h1,3-4,6-9,13H,2,5,10-12,14H2,(H,22,24). The highest BCUT2D eigenvalue weighted by molar-refractivity contribution is 6.30. The van der Waals surface area contributed by atoms with Crippen LogP contribution in [0.15, 0.2) is 48.5 Å². The van der Waals surface area contributed by atoms with Crippen molar-refractivity contribution in [2.45, 2.75) is 19.3 Å². The molecule has 1 fully saturated rings. The second-order valence-electron chi connectivity index (χ2n) is 6.16. The summed E-state index contributed by atoms with van der Waals surface area (Å²) in [6.45, 7) is 1.24. The number of hydrogen-bond donors (Lipinski definition) is 1. The minimum absolute atomic E-state index is 0.0441. The maximum Gasteiger partial charge on any atom is 0.257 e. The van der Waals surface area contributed by atoms with Gasteiger partial charge in [-0.15, -0.1) is 0 Å². The summed E-state index contributed by atoms with van der Waals surface area (Å²) in [5.41, 5.74) is 1.94. The van der Waals surface area contributed by atoms with E-state index in [2.05, 4.69) is 5.32 Å². The third-order valence-corrected chi connectivity index (χ3v) is 4.45. The van der Waals surface area contributed by atoms with Crippen LogP contribution in [0.1, 0.15) is 18.4 Å². The smallest absolute Gasteiger partial charge is 0.257 e. The molecule has 0 unspecified atom stereocenters. The van der Waals surface area contributed by atoms with Crippen LogP contribution in [0.25, 0.3) is 0 Å². The number of carbonyl (C=O) groups excluding carboxylic acids is 2. The minimum atomic E-state index is -0.175. The van der Waals surface area contributed by atoms with Gasteiger partial charge in [0.1, 0.15) is 5.75 Å². The molecule has 0 radical (unpaired) electrons. The first kappa shape index (κ1) is 18.3. The number of ether oxygens (including phenoxy) is 1. The van der Waals surface area contributed by atoms with E-state index in [-0.39, 0.29) is 18.4 Å². The number of rotatable bonds is 7. The highest BCUT2D eigenvalue weighted by Crippen LogP contribution is 2.23. The fourth-order valence-corrected chi connectivity index (χ4v) is 3.09. The lowest BCUT2D eigenvalue weighted by Gasteiger charge is -2.16. The zero-order valence-corrected chi connectivity index (χ0v) is 15.2. The van der Waals surface area contributed by atoms with Crippen LogP contribution in [-0.4, -0.2) is 31.5 Å². The predicted octanol–water partition coefficient (Wildman–Crippen LogP) is 3.20. The van der Waals surface area contributed by atoms with Gasteiger partial charge in [0.2, 0.25) is 5.91 Å². The topological polar surface area (TPSA) is 58.6 Å². The molecule has 2 aromatic carbocycles. The van der Waals surface area contributed by atoms with Crippen LogP contribution < -0.4 is 15.0 Å². The van der Waals surface area contributed by atoms with Crippen molar-refractivity contribution in [2.75, 3.05) is 24.6 Å². The predicted molar refractivity (Wildman–Crippen MR) is 102 cm³/mol. The van der Waals surface area contributed by atoms with Crippen LogP contribution in [0, 0.1) is 0 Å². The molecule has 1 saturated heterocycles. The quantitative estimate of drug-likeness (QED) is 0.811. The van der Waals surface area contributed by atoms with Gasteiger partial charge in [0.25, 0.3) is 5.91 Å². The summed E-state index contributed by atoms with van der Waals surface area (Å²) in [5, 5.41) is 3.51. The lowest BCUT2D eigenvalue weighted by molar-refractivity contribution is -0.123. The number of anilines is 1. The number of halogens is 1. The summed E-state index contributed by atoms with van der Waals surface area (Å²) < 4.78 is 5.50. The van der Waals surface area contributed by atoms with Crippen LogP contribution >= 0.6 is 11.6 Å². The molecule has 1 aliphatic heterocycles. The maximum absolute atomic E-state index is 11.9. The molecular formula is C20H21ClN2O3. The van der Waals surface area contributed by atoms with Gasteiger partial charge in [-0.3, -0.25) is 9.59 Å². The molecule has 2 aromatic rings. The number of nitrogens with zero attached hydrogens (tertiary/aromatic N) is 1. The molecule has 0 spiro atoms. The molecule has 0 aromatic heterocycles. The lowest BCUT2D eigenvalue weighted by Crippen LogP contribution is -2.30. The Morgan fingerprint density at radius 3 is 2.69 bits per heavy atom. The number of carbonyl (C=O) groups is 2. The number of nitrogens with one attached hydrogen (secondary N) is 1. The SMILES string of the molecule is O=C(COc1ccc(N2CCCC2=O)cc1)NCCc1cccc(Cl)c1. The first-order valence-electron chi connectivity index (χ1n) is 8.66. The molecule has 26 heavy (non-hydrogen) atoms. The van der Waals surface area contributed by atoms with Crippen molar-refractivity contribution < 1.29 is 14.3 Å². The zero-order valence-electron chi connectivity index (χ0n) is 14.4. The van der Waals surface area contributed by atoms with E-state index in [1.165, 1.54) is 0 Å². The Kier molecular flexibility index (Phi) is 6.12. The van der Waals surface area contributed by atoms with Crippen molar-refractivity contribution in [3.05, 3.63) is 59.1 Å². The van der Waals surface area contributed by atoms with Crippen molar-refractivity contribution in [3.8, 4) is 5.75 Å². The minimum Gasteiger partial charge on any atom is -0.484 e. The molecule has 0 atom stereocenters. The molecule has 0 bridgehead atoms. The van der Waals surface area contributed by atoms with E-state index < -0.39 is 0 Å². The fourth-order valence-electron chi connectivity index (χ4n) is 2.88. The van der Waals surface area contributed by atoms with Crippen LogP contribution in [0.3, 0.4) is 0 Å². The van der Waals surface area contributed by atoms with Crippen molar-refractivity contribution in [1.29, 1.82) is 0 Å². The van der Waals surface area contributed by atoms with E-state index in [0.29, 0.717) is 30.2 Å². The van der Waals surface area contributed by atoms with E-state index in [4.69, 9.17) is 16.3 Å². The Labute approximate surface area is 157 Å². The van der Waals surface area contributed by atoms with E-state index in [9.17, 15) is 9.59 Å². The van der Waals surface area contributed by atoms with Crippen LogP contribution in [0.4, 0.5) is 5.69 Å². The lowest BCUT2D eigenvalue weighted by atomic mass is 10.1. The molecule has 136 valence electrons. The fraction of sp³-hybridized carbons (Fsp3) is 0.300. The van der Waals surface area contributed by atoms with E-state index >= 15 is 0 Å². The Bertz CT molecular complexity index is 777. The molecule has 6 heteroatoms. The highest BCUT2D eigenvalue weighted by atomic mass is 35.5. The monoisotopic (exact) mass is 372 g/mol. The van der Waals surface area contributed by atoms with Crippen molar-refractivity contribution in [1.82, 2.24) is 5.32 Å². The summed E-state index contributed by atoms with van der Waals surface area (Å²) in [4.78, 5) is 25.4. The Morgan fingerprint density at radius 1 is 1.19 bits per heavy atom. The van der Waals surface area contributed by atoms with Crippen LogP contribution in [0.2, 0.25) is 5.02 Å². The first-order chi connectivity index (χ1) is 12.6. The van der Waals surface area contributed by atoms with Gasteiger partial charge in [0.15, 0.2) is 6.61 Å². The maximum atomic E-state index is 11.9. The van der Waals surface area contributed by atoms with Crippen LogP contribution in [0.5, 0.6) is 5.75 Å². The molecule has 1 heterocycles. The van der Waals surface area contributed by atoms with E-state index in [1.807, 2.05) is 36.4 Å². The largest absolute Gasteiger partial charge is 0.484 e. The summed E-state index contributed by atoms with van der Waals surface area (Å²) in [5.74, 6) is 0.578. The summed E-state index contributed by atoms with van der Waals surface area (Å²) in [7, 11) is 0. The molecular weight excluding hydrogens is 352 g/mol. The van der Waals surface area contributed by atoms with Gasteiger partial charge in [0.05, 0.1) is 0 Å². The van der Waals surface area contributed by atoms with Crippen molar-refractivity contribution >= 4 is 29.1 Å². The summed E-state index contributed by atoms with van der Waals surface area (Å²) in [6, 6.07) is 14.8. The Morgan fingerprint density at radius 2 is 2.00 bits per heavy atom. The molecule has 1 aliphatic rings. The van der Waals surface area contributed by atoms with Gasteiger partial charge >= 0.3 is 0 Å². The van der Waals surface area contributed by atoms with Gasteiger partial charge < -0.3 is 15.0 Å². The van der Waals surface area contributed by atoms with Gasteiger partial charge in [-0.05, 0) is 54.8 Å². The van der Waals surface area contributed by atoms with E-state index in [1.54, 1.807) is 17.0 Å². The van der Waals surface area contributed by atoms with Crippen molar-refractivity contribution in [2.24, 2.45) is 0 Å². The van der Waals surface area contributed by atoms with Gasteiger partial charge in [-0.25, -0.2) is 0 Å². The van der Waals surface area contributed by atoms with Crippen LogP contribution in [-0.2, 0) is 16.0 Å². The number of amides is 2. The Hall–Kier alpha value is -2.53.